The molecule has 0 bridgehead atoms. The van der Waals surface area contributed by atoms with E-state index in [2.05, 4.69) is 10.6 Å². The summed E-state index contributed by atoms with van der Waals surface area (Å²) >= 11 is 5.77. The van der Waals surface area contributed by atoms with Crippen molar-refractivity contribution in [1.82, 2.24) is 10.6 Å². The quantitative estimate of drug-likeness (QED) is 0.864. The Morgan fingerprint density at radius 3 is 3.12 bits per heavy atom. The van der Waals surface area contributed by atoms with Crippen LogP contribution in [0.5, 0.6) is 0 Å². The lowest BCUT2D eigenvalue weighted by atomic mass is 10.1. The molecule has 0 aromatic heterocycles. The molecule has 1 fully saturated rings. The molecule has 92 valence electrons. The average Bonchev–Trinajstić information content (AvgIpc) is 2.83. The van der Waals surface area contributed by atoms with Crippen LogP contribution in [0.2, 0.25) is 5.02 Å². The second kappa shape index (κ2) is 5.47. The van der Waals surface area contributed by atoms with Crippen molar-refractivity contribution in [3.8, 4) is 0 Å². The number of amides is 1. The van der Waals surface area contributed by atoms with E-state index in [9.17, 15) is 9.18 Å². The minimum Gasteiger partial charge on any atom is -0.352 e. The highest BCUT2D eigenvalue weighted by Gasteiger charge is 2.22. The van der Waals surface area contributed by atoms with Crippen LogP contribution in [-0.4, -0.2) is 19.0 Å². The third-order valence-corrected chi connectivity index (χ3v) is 3.13. The number of rotatable bonds is 3. The lowest BCUT2D eigenvalue weighted by molar-refractivity contribution is -0.124. The van der Waals surface area contributed by atoms with E-state index in [-0.39, 0.29) is 24.2 Å². The highest BCUT2D eigenvalue weighted by Crippen LogP contribution is 2.15. The molecular weight excluding hydrogens is 243 g/mol. The topological polar surface area (TPSA) is 41.1 Å². The van der Waals surface area contributed by atoms with Crippen molar-refractivity contribution in [2.75, 3.05) is 13.1 Å². The van der Waals surface area contributed by atoms with Gasteiger partial charge in [-0.1, -0.05) is 11.6 Å². The number of halogens is 2. The lowest BCUT2D eigenvalue weighted by Gasteiger charge is -2.10. The predicted octanol–water partition coefficient (Wildman–Crippen LogP) is 1.70. The monoisotopic (exact) mass is 256 g/mol. The summed E-state index contributed by atoms with van der Waals surface area (Å²) in [6, 6.07) is 4.33. The minimum atomic E-state index is -0.348. The highest BCUT2D eigenvalue weighted by molar-refractivity contribution is 6.30. The summed E-state index contributed by atoms with van der Waals surface area (Å²) in [5, 5.41) is 6.32. The third kappa shape index (κ3) is 3.17. The smallest absolute Gasteiger partial charge is 0.224 e. The summed E-state index contributed by atoms with van der Waals surface area (Å²) in [4.78, 5) is 11.7. The fourth-order valence-electron chi connectivity index (χ4n) is 1.88. The van der Waals surface area contributed by atoms with E-state index in [1.807, 2.05) is 0 Å². The average molecular weight is 257 g/mol. The third-order valence-electron chi connectivity index (χ3n) is 2.89. The molecule has 3 nitrogen and oxygen atoms in total. The van der Waals surface area contributed by atoms with E-state index < -0.39 is 0 Å². The Kier molecular flexibility index (Phi) is 3.97. The Hall–Kier alpha value is -1.13. The molecule has 2 rings (SSSR count). The maximum atomic E-state index is 13.4. The zero-order valence-electron chi connectivity index (χ0n) is 9.30. The zero-order valence-corrected chi connectivity index (χ0v) is 10.1. The maximum Gasteiger partial charge on any atom is 0.224 e. The summed E-state index contributed by atoms with van der Waals surface area (Å²) in [5.74, 6) is -0.383. The molecule has 17 heavy (non-hydrogen) atoms. The molecule has 0 aliphatic carbocycles. The first-order valence-corrected chi connectivity index (χ1v) is 5.97. The molecule has 0 spiro atoms. The minimum absolute atomic E-state index is 0.00255. The van der Waals surface area contributed by atoms with Crippen LogP contribution in [0.4, 0.5) is 4.39 Å². The van der Waals surface area contributed by atoms with E-state index in [0.717, 1.165) is 13.0 Å². The van der Waals surface area contributed by atoms with Crippen LogP contribution >= 0.6 is 11.6 Å². The number of nitrogens with one attached hydrogen (secondary N) is 2. The standard InChI is InChI=1S/C12H14ClFN2O/c13-10-1-2-11(14)9(5-10)7-16-12(17)8-3-4-15-6-8/h1-2,5,8,15H,3-4,6-7H2,(H,16,17). The Balaban J connectivity index is 1.92. The van der Waals surface area contributed by atoms with Gasteiger partial charge in [0, 0.05) is 23.7 Å². The zero-order chi connectivity index (χ0) is 12.3. The first kappa shape index (κ1) is 12.3. The van der Waals surface area contributed by atoms with Gasteiger partial charge in [-0.05, 0) is 31.2 Å². The van der Waals surface area contributed by atoms with Gasteiger partial charge in [-0.25, -0.2) is 4.39 Å². The second-order valence-corrected chi connectivity index (χ2v) is 4.58. The van der Waals surface area contributed by atoms with Crippen molar-refractivity contribution in [2.45, 2.75) is 13.0 Å². The first-order chi connectivity index (χ1) is 8.16. The molecule has 1 aromatic carbocycles. The summed E-state index contributed by atoms with van der Waals surface area (Å²) in [5.41, 5.74) is 0.414. The van der Waals surface area contributed by atoms with Crippen molar-refractivity contribution in [1.29, 1.82) is 0 Å². The molecule has 2 N–H and O–H groups in total. The SMILES string of the molecule is O=C(NCc1cc(Cl)ccc1F)C1CCNC1. The second-order valence-electron chi connectivity index (χ2n) is 4.14. The van der Waals surface area contributed by atoms with Crippen LogP contribution in [0.3, 0.4) is 0 Å². The summed E-state index contributed by atoms with van der Waals surface area (Å²) in [6.07, 6.45) is 0.837. The molecule has 5 heteroatoms. The van der Waals surface area contributed by atoms with E-state index in [4.69, 9.17) is 11.6 Å². The molecule has 1 aliphatic rings. The van der Waals surface area contributed by atoms with Gasteiger partial charge >= 0.3 is 0 Å². The van der Waals surface area contributed by atoms with Gasteiger partial charge in [-0.3, -0.25) is 4.79 Å². The van der Waals surface area contributed by atoms with Gasteiger partial charge < -0.3 is 10.6 Å². The molecule has 0 radical (unpaired) electrons. The Bertz CT molecular complexity index is 419. The van der Waals surface area contributed by atoms with Gasteiger partial charge in [-0.15, -0.1) is 0 Å². The van der Waals surface area contributed by atoms with Crippen LogP contribution in [0.1, 0.15) is 12.0 Å². The summed E-state index contributed by atoms with van der Waals surface area (Å²) in [6.45, 7) is 1.75. The normalized spacial score (nSPS) is 19.3. The Morgan fingerprint density at radius 1 is 1.59 bits per heavy atom. The molecule has 1 atom stereocenters. The van der Waals surface area contributed by atoms with E-state index in [0.29, 0.717) is 17.1 Å². The largest absolute Gasteiger partial charge is 0.352 e. The first-order valence-electron chi connectivity index (χ1n) is 5.59. The van der Waals surface area contributed by atoms with Crippen molar-refractivity contribution in [2.24, 2.45) is 5.92 Å². The molecule has 1 amide bonds. The van der Waals surface area contributed by atoms with E-state index in [1.165, 1.54) is 18.2 Å². The fraction of sp³-hybridized carbons (Fsp3) is 0.417. The van der Waals surface area contributed by atoms with Crippen molar-refractivity contribution >= 4 is 17.5 Å². The molecule has 1 heterocycles. The summed E-state index contributed by atoms with van der Waals surface area (Å²) < 4.78 is 13.4. The van der Waals surface area contributed by atoms with Crippen molar-refractivity contribution in [3.05, 3.63) is 34.6 Å². The van der Waals surface area contributed by atoms with Crippen LogP contribution < -0.4 is 10.6 Å². The van der Waals surface area contributed by atoms with Crippen LogP contribution in [0.15, 0.2) is 18.2 Å². The number of carbonyl (C=O) groups is 1. The summed E-state index contributed by atoms with van der Waals surface area (Å²) in [7, 11) is 0. The van der Waals surface area contributed by atoms with Gasteiger partial charge in [0.1, 0.15) is 5.82 Å². The van der Waals surface area contributed by atoms with Crippen LogP contribution in [0.25, 0.3) is 0 Å². The van der Waals surface area contributed by atoms with Gasteiger partial charge in [0.15, 0.2) is 0 Å². The number of benzene rings is 1. The predicted molar refractivity (Wildman–Crippen MR) is 64.2 cm³/mol. The van der Waals surface area contributed by atoms with Crippen molar-refractivity contribution in [3.63, 3.8) is 0 Å². The Morgan fingerprint density at radius 2 is 2.41 bits per heavy atom. The van der Waals surface area contributed by atoms with Crippen LogP contribution in [-0.2, 0) is 11.3 Å². The lowest BCUT2D eigenvalue weighted by Crippen LogP contribution is -2.31. The molecule has 1 aliphatic heterocycles. The molecule has 0 saturated carbocycles. The molecule has 1 aromatic rings. The molecule has 1 unspecified atom stereocenters. The number of hydrogen-bond acceptors (Lipinski definition) is 2. The van der Waals surface area contributed by atoms with Gasteiger partial charge in [-0.2, -0.15) is 0 Å². The number of hydrogen-bond donors (Lipinski definition) is 2. The van der Waals surface area contributed by atoms with Gasteiger partial charge in [0.25, 0.3) is 0 Å². The molecular formula is C12H14ClFN2O. The highest BCUT2D eigenvalue weighted by atomic mass is 35.5. The van der Waals surface area contributed by atoms with Crippen LogP contribution in [0, 0.1) is 11.7 Å². The van der Waals surface area contributed by atoms with Gasteiger partial charge in [0.05, 0.1) is 5.92 Å². The van der Waals surface area contributed by atoms with Gasteiger partial charge in [0.2, 0.25) is 5.91 Å². The molecule has 1 saturated heterocycles. The number of carbonyl (C=O) groups excluding carboxylic acids is 1. The van der Waals surface area contributed by atoms with Crippen molar-refractivity contribution < 1.29 is 9.18 Å². The fourth-order valence-corrected chi connectivity index (χ4v) is 2.08. The van der Waals surface area contributed by atoms with E-state index >= 15 is 0 Å². The van der Waals surface area contributed by atoms with E-state index in [1.54, 1.807) is 0 Å². The Labute approximate surface area is 104 Å². The maximum absolute atomic E-state index is 13.4.